The van der Waals surface area contributed by atoms with E-state index in [0.717, 1.165) is 37.9 Å². The van der Waals surface area contributed by atoms with Crippen molar-refractivity contribution >= 4 is 32.3 Å². The first-order valence-electron chi connectivity index (χ1n) is 14.0. The number of ether oxygens (including phenoxy) is 2. The van der Waals surface area contributed by atoms with Gasteiger partial charge in [0.05, 0.1) is 42.1 Å². The Labute approximate surface area is 250 Å². The molecular weight excluding hydrogens is 583 g/mol. The van der Waals surface area contributed by atoms with Gasteiger partial charge in [-0.2, -0.15) is 13.2 Å². The molecule has 0 aliphatic heterocycles. The summed E-state index contributed by atoms with van der Waals surface area (Å²) in [4.78, 5) is 2.22. The lowest BCUT2D eigenvalue weighted by atomic mass is 9.90. The Bertz CT molecular complexity index is 1570. The van der Waals surface area contributed by atoms with Gasteiger partial charge in [0, 0.05) is 42.9 Å². The molecule has 4 rings (SSSR count). The van der Waals surface area contributed by atoms with Crippen LogP contribution in [0.5, 0.6) is 5.75 Å². The SMILES string of the molecule is COCCN(C)[C@H]1CC[C@H](Nc2cccc3c2cc(C#CCNc2ccc(S(N)(=O)=O)cc2OC)n3CC(F)(F)F)CC1. The summed E-state index contributed by atoms with van der Waals surface area (Å²) < 4.78 is 75.7. The minimum absolute atomic E-state index is 0.0752. The van der Waals surface area contributed by atoms with Gasteiger partial charge in [0.1, 0.15) is 12.3 Å². The summed E-state index contributed by atoms with van der Waals surface area (Å²) in [5, 5.41) is 12.5. The highest BCUT2D eigenvalue weighted by atomic mass is 32.2. The molecule has 4 N–H and O–H groups in total. The molecule has 0 saturated heterocycles. The number of hydrogen-bond acceptors (Lipinski definition) is 7. The second-order valence-electron chi connectivity index (χ2n) is 10.7. The van der Waals surface area contributed by atoms with Crippen LogP contribution in [0.2, 0.25) is 0 Å². The lowest BCUT2D eigenvalue weighted by Gasteiger charge is -2.35. The third-order valence-electron chi connectivity index (χ3n) is 7.70. The molecule has 13 heteroatoms. The van der Waals surface area contributed by atoms with Gasteiger partial charge in [0.25, 0.3) is 0 Å². The van der Waals surface area contributed by atoms with E-state index in [0.29, 0.717) is 29.2 Å². The van der Waals surface area contributed by atoms with Gasteiger partial charge in [-0.25, -0.2) is 13.6 Å². The molecule has 0 bridgehead atoms. The highest BCUT2D eigenvalue weighted by Gasteiger charge is 2.30. The highest BCUT2D eigenvalue weighted by Crippen LogP contribution is 2.33. The molecule has 1 heterocycles. The predicted octanol–water partition coefficient (Wildman–Crippen LogP) is 4.62. The second kappa shape index (κ2) is 13.9. The van der Waals surface area contributed by atoms with Crippen molar-refractivity contribution in [1.82, 2.24) is 9.47 Å². The Morgan fingerprint density at radius 3 is 2.49 bits per heavy atom. The number of halogens is 3. The number of aromatic nitrogens is 1. The number of nitrogens with one attached hydrogen (secondary N) is 2. The number of nitrogens with two attached hydrogens (primary N) is 1. The number of anilines is 2. The first-order valence-corrected chi connectivity index (χ1v) is 15.5. The quantitative estimate of drug-likeness (QED) is 0.268. The van der Waals surface area contributed by atoms with Gasteiger partial charge in [-0.05, 0) is 69.0 Å². The summed E-state index contributed by atoms with van der Waals surface area (Å²) in [6.07, 6.45) is -0.455. The minimum Gasteiger partial charge on any atom is -0.495 e. The third kappa shape index (κ3) is 8.57. The van der Waals surface area contributed by atoms with Crippen molar-refractivity contribution in [3.63, 3.8) is 0 Å². The summed E-state index contributed by atoms with van der Waals surface area (Å²) in [6.45, 7) is 0.476. The van der Waals surface area contributed by atoms with E-state index in [2.05, 4.69) is 34.4 Å². The number of alkyl halides is 3. The van der Waals surface area contributed by atoms with Gasteiger partial charge in [-0.15, -0.1) is 0 Å². The molecule has 0 atom stereocenters. The summed E-state index contributed by atoms with van der Waals surface area (Å²) in [6, 6.07) is 11.8. The van der Waals surface area contributed by atoms with E-state index in [1.54, 1.807) is 25.3 Å². The molecule has 1 aliphatic rings. The molecule has 43 heavy (non-hydrogen) atoms. The average Bonchev–Trinajstić information content (AvgIpc) is 3.30. The van der Waals surface area contributed by atoms with E-state index >= 15 is 0 Å². The summed E-state index contributed by atoms with van der Waals surface area (Å²) in [5.41, 5.74) is 1.94. The van der Waals surface area contributed by atoms with Crippen LogP contribution in [0.4, 0.5) is 24.5 Å². The molecule has 1 aliphatic carbocycles. The van der Waals surface area contributed by atoms with Crippen molar-refractivity contribution in [3.8, 4) is 17.6 Å². The molecule has 9 nitrogen and oxygen atoms in total. The number of sulfonamides is 1. The molecule has 0 amide bonds. The van der Waals surface area contributed by atoms with Crippen molar-refractivity contribution in [2.45, 2.75) is 55.4 Å². The smallest absolute Gasteiger partial charge is 0.406 e. The summed E-state index contributed by atoms with van der Waals surface area (Å²) >= 11 is 0. The van der Waals surface area contributed by atoms with E-state index in [1.807, 2.05) is 6.07 Å². The number of primary sulfonamides is 1. The zero-order valence-corrected chi connectivity index (χ0v) is 25.3. The van der Waals surface area contributed by atoms with Crippen molar-refractivity contribution in [2.75, 3.05) is 51.6 Å². The Morgan fingerprint density at radius 2 is 1.84 bits per heavy atom. The maximum absolute atomic E-state index is 13.6. The van der Waals surface area contributed by atoms with Crippen molar-refractivity contribution in [3.05, 3.63) is 48.2 Å². The molecule has 2 aromatic carbocycles. The predicted molar refractivity (Wildman–Crippen MR) is 162 cm³/mol. The number of likely N-dealkylation sites (N-methyl/N-ethyl adjacent to an activating group) is 1. The minimum atomic E-state index is -4.43. The number of benzene rings is 2. The molecule has 234 valence electrons. The fourth-order valence-corrected chi connectivity index (χ4v) is 5.96. The monoisotopic (exact) mass is 621 g/mol. The summed E-state index contributed by atoms with van der Waals surface area (Å²) in [5.74, 6) is 6.01. The van der Waals surface area contributed by atoms with Crippen LogP contribution in [0.3, 0.4) is 0 Å². The van der Waals surface area contributed by atoms with Gasteiger partial charge in [-0.1, -0.05) is 12.0 Å². The van der Waals surface area contributed by atoms with Crippen LogP contribution in [-0.2, 0) is 21.3 Å². The van der Waals surface area contributed by atoms with Crippen LogP contribution in [0.15, 0.2) is 47.4 Å². The lowest BCUT2D eigenvalue weighted by Crippen LogP contribution is -2.39. The molecule has 0 radical (unpaired) electrons. The summed E-state index contributed by atoms with van der Waals surface area (Å²) in [7, 11) is 1.28. The average molecular weight is 622 g/mol. The van der Waals surface area contributed by atoms with E-state index in [4.69, 9.17) is 14.6 Å². The van der Waals surface area contributed by atoms with E-state index in [9.17, 15) is 21.6 Å². The Hall–Kier alpha value is -3.44. The number of nitrogens with zero attached hydrogens (tertiary/aromatic N) is 2. The van der Waals surface area contributed by atoms with E-state index < -0.39 is 22.7 Å². The second-order valence-corrected chi connectivity index (χ2v) is 12.2. The van der Waals surface area contributed by atoms with Gasteiger partial charge < -0.3 is 29.6 Å². The van der Waals surface area contributed by atoms with E-state index in [1.165, 1.54) is 29.9 Å². The molecule has 0 unspecified atom stereocenters. The number of fused-ring (bicyclic) bond motifs is 1. The molecule has 0 spiro atoms. The molecule has 3 aromatic rings. The van der Waals surface area contributed by atoms with Crippen LogP contribution in [-0.4, -0.2) is 77.1 Å². The number of hydrogen-bond donors (Lipinski definition) is 3. The highest BCUT2D eigenvalue weighted by molar-refractivity contribution is 7.89. The van der Waals surface area contributed by atoms with E-state index in [-0.39, 0.29) is 28.9 Å². The van der Waals surface area contributed by atoms with Crippen LogP contribution in [0.25, 0.3) is 10.9 Å². The van der Waals surface area contributed by atoms with Crippen LogP contribution in [0, 0.1) is 11.8 Å². The first-order chi connectivity index (χ1) is 20.4. The van der Waals surface area contributed by atoms with Crippen LogP contribution < -0.4 is 20.5 Å². The fraction of sp³-hybridized carbons (Fsp3) is 0.467. The normalized spacial score (nSPS) is 17.5. The van der Waals surface area contributed by atoms with Gasteiger partial charge in [-0.3, -0.25) is 0 Å². The largest absolute Gasteiger partial charge is 0.495 e. The van der Waals surface area contributed by atoms with Gasteiger partial charge in [0.15, 0.2) is 0 Å². The molecule has 1 aromatic heterocycles. The van der Waals surface area contributed by atoms with Crippen molar-refractivity contribution in [2.24, 2.45) is 5.14 Å². The van der Waals surface area contributed by atoms with Crippen molar-refractivity contribution in [1.29, 1.82) is 0 Å². The topological polar surface area (TPSA) is 111 Å². The standard InChI is InChI=1S/C30H38F3N5O4S/c1-37(16-17-41-2)22-11-9-21(10-12-22)36-26-7-4-8-28-25(26)18-23(38(28)20-30(31,32)33)6-5-15-35-27-14-13-24(43(34,39)40)19-29(27)42-3/h4,7-8,13-14,18-19,21-22,35-36H,9-12,15-17,20H2,1-3H3,(H2,34,39,40)/t21-,22-. The molecule has 1 saturated carbocycles. The number of rotatable bonds is 11. The fourth-order valence-electron chi connectivity index (χ4n) is 5.43. The molecular formula is C30H38F3N5O4S. The maximum Gasteiger partial charge on any atom is 0.406 e. The van der Waals surface area contributed by atoms with Gasteiger partial charge >= 0.3 is 6.18 Å². The Morgan fingerprint density at radius 1 is 1.09 bits per heavy atom. The van der Waals surface area contributed by atoms with Crippen LogP contribution >= 0.6 is 0 Å². The molecule has 1 fully saturated rings. The maximum atomic E-state index is 13.6. The Balaban J connectivity index is 1.52. The first kappa shape index (κ1) is 32.5. The van der Waals surface area contributed by atoms with Crippen LogP contribution in [0.1, 0.15) is 31.4 Å². The van der Waals surface area contributed by atoms with Gasteiger partial charge in [0.2, 0.25) is 10.0 Å². The Kier molecular flexibility index (Phi) is 10.5. The zero-order chi connectivity index (χ0) is 31.2. The third-order valence-corrected chi connectivity index (χ3v) is 8.61. The number of methoxy groups -OCH3 is 2. The van der Waals surface area contributed by atoms with Crippen molar-refractivity contribution < 1.29 is 31.1 Å². The zero-order valence-electron chi connectivity index (χ0n) is 24.5. The lowest BCUT2D eigenvalue weighted by molar-refractivity contribution is -0.140.